The predicted molar refractivity (Wildman–Crippen MR) is 217 cm³/mol. The highest BCUT2D eigenvalue weighted by molar-refractivity contribution is 7.54. The first-order chi connectivity index (χ1) is 28.1. The average molecular weight is 904 g/mol. The second kappa shape index (κ2) is 19.1. The van der Waals surface area contributed by atoms with E-state index in [0.717, 1.165) is 23.5 Å². The van der Waals surface area contributed by atoms with Gasteiger partial charge >= 0.3 is 25.2 Å². The normalized spacial score (nSPS) is 19.5. The van der Waals surface area contributed by atoms with Gasteiger partial charge in [-0.25, -0.2) is 15.4 Å². The van der Waals surface area contributed by atoms with Gasteiger partial charge in [0.25, 0.3) is 12.3 Å². The molecular formula is C40H54F4N5O10PS. The van der Waals surface area contributed by atoms with E-state index in [4.69, 9.17) is 25.1 Å². The van der Waals surface area contributed by atoms with Crippen molar-refractivity contribution < 1.29 is 64.6 Å². The molecule has 0 saturated carbocycles. The van der Waals surface area contributed by atoms with E-state index >= 15 is 8.78 Å². The molecule has 2 aliphatic rings. The molecule has 3 heterocycles. The van der Waals surface area contributed by atoms with Crippen LogP contribution in [0.3, 0.4) is 0 Å². The van der Waals surface area contributed by atoms with Crippen molar-refractivity contribution in [1.29, 1.82) is 0 Å². The molecule has 2 saturated heterocycles. The number of rotatable bonds is 15. The van der Waals surface area contributed by atoms with Gasteiger partial charge in [-0.05, 0) is 84.4 Å². The van der Waals surface area contributed by atoms with Gasteiger partial charge in [0.1, 0.15) is 12.1 Å². The van der Waals surface area contributed by atoms with Crippen molar-refractivity contribution in [3.05, 3.63) is 46.1 Å². The molecule has 2 fully saturated rings. The van der Waals surface area contributed by atoms with Crippen LogP contribution in [0.25, 0.3) is 14.9 Å². The van der Waals surface area contributed by atoms with E-state index in [0.29, 0.717) is 24.0 Å². The van der Waals surface area contributed by atoms with Crippen LogP contribution in [-0.4, -0.2) is 121 Å². The molecule has 4 rings (SSSR count). The molecule has 3 atom stereocenters. The molecule has 0 aliphatic carbocycles. The van der Waals surface area contributed by atoms with Crippen molar-refractivity contribution in [3.8, 4) is 0 Å². The van der Waals surface area contributed by atoms with Crippen molar-refractivity contribution in [2.24, 2.45) is 10.8 Å². The number of benzene rings is 1. The van der Waals surface area contributed by atoms with Crippen molar-refractivity contribution in [2.75, 3.05) is 46.8 Å². The minimum atomic E-state index is -5.65. The number of nitrogens with one attached hydrogen (secondary N) is 1. The minimum Gasteiger partial charge on any atom is -0.438 e. The number of likely N-dealkylation sites (N-methyl/N-ethyl adjacent to an activating group) is 1. The lowest BCUT2D eigenvalue weighted by molar-refractivity contribution is -0.163. The Hall–Kier alpha value is -4.15. The summed E-state index contributed by atoms with van der Waals surface area (Å²) < 4.78 is 93.8. The molecule has 338 valence electrons. The van der Waals surface area contributed by atoms with Crippen LogP contribution in [0.1, 0.15) is 89.9 Å². The molecule has 0 bridgehead atoms. The Bertz CT molecular complexity index is 2030. The zero-order valence-corrected chi connectivity index (χ0v) is 37.4. The third kappa shape index (κ3) is 12.1. The number of ether oxygens (including phenoxy) is 2. The summed E-state index contributed by atoms with van der Waals surface area (Å²) in [7, 11) is -4.11. The number of carbonyl (C=O) groups excluding carboxylic acids is 5. The first-order valence-electron chi connectivity index (χ1n) is 19.5. The molecule has 0 spiro atoms. The molecule has 0 unspecified atom stereocenters. The van der Waals surface area contributed by atoms with E-state index in [-0.39, 0.29) is 29.9 Å². The molecular weight excluding hydrogens is 849 g/mol. The number of fused-ring (bicyclic) bond motifs is 2. The molecule has 15 nitrogen and oxygen atoms in total. The first kappa shape index (κ1) is 49.5. The van der Waals surface area contributed by atoms with Gasteiger partial charge in [-0.3, -0.25) is 42.5 Å². The highest BCUT2D eigenvalue weighted by Gasteiger charge is 2.56. The maximum absolute atomic E-state index is 16.3. The maximum atomic E-state index is 16.3. The summed E-state index contributed by atoms with van der Waals surface area (Å²) in [6.07, 6.45) is -1.71. The van der Waals surface area contributed by atoms with Gasteiger partial charge < -0.3 is 29.4 Å². The fourth-order valence-corrected chi connectivity index (χ4v) is 8.94. The van der Waals surface area contributed by atoms with Crippen molar-refractivity contribution >= 4 is 58.7 Å². The Labute approximate surface area is 356 Å². The summed E-state index contributed by atoms with van der Waals surface area (Å²) in [4.78, 5) is 74.1. The SMILES string of the molecule is [C-]#[N+]C(C)(C)CN(C)C(=O)[C@@H]1CC[C@@H]2CCN(CC(F)F)C[C@H](NC(=O)c3cc4cc(C(F)(F)P(=O)(OCOC(=O)C(C)(C)C)OCOC(=O)C(C)(C)C)ccc4s3)C(=O)N21. The molecule has 61 heavy (non-hydrogen) atoms. The fraction of sp³-hybridized carbons (Fsp3) is 0.650. The summed E-state index contributed by atoms with van der Waals surface area (Å²) in [6, 6.07) is 1.57. The second-order valence-corrected chi connectivity index (χ2v) is 21.0. The van der Waals surface area contributed by atoms with Crippen LogP contribution in [0.5, 0.6) is 0 Å². The summed E-state index contributed by atoms with van der Waals surface area (Å²) in [6.45, 7) is 16.7. The van der Waals surface area contributed by atoms with Gasteiger partial charge in [0.15, 0.2) is 0 Å². The van der Waals surface area contributed by atoms with Gasteiger partial charge in [-0.2, -0.15) is 8.78 Å². The zero-order valence-electron chi connectivity index (χ0n) is 35.7. The summed E-state index contributed by atoms with van der Waals surface area (Å²) in [5.41, 5.74) is -8.34. The Morgan fingerprint density at radius 2 is 1.56 bits per heavy atom. The van der Waals surface area contributed by atoms with E-state index in [9.17, 15) is 37.3 Å². The lowest BCUT2D eigenvalue weighted by atomic mass is 9.98. The van der Waals surface area contributed by atoms with Crippen LogP contribution in [0.15, 0.2) is 24.3 Å². The van der Waals surface area contributed by atoms with E-state index in [1.54, 1.807) is 13.8 Å². The lowest BCUT2D eigenvalue weighted by Crippen LogP contribution is -2.61. The van der Waals surface area contributed by atoms with E-state index < -0.39 is 110 Å². The second-order valence-electron chi connectivity index (χ2n) is 17.8. The van der Waals surface area contributed by atoms with Crippen LogP contribution >= 0.6 is 18.9 Å². The number of esters is 2. The highest BCUT2D eigenvalue weighted by atomic mass is 32.1. The Morgan fingerprint density at radius 1 is 0.967 bits per heavy atom. The Kier molecular flexibility index (Phi) is 15.5. The highest BCUT2D eigenvalue weighted by Crippen LogP contribution is 2.67. The van der Waals surface area contributed by atoms with Crippen molar-refractivity contribution in [2.45, 2.75) is 110 Å². The number of carbonyl (C=O) groups is 5. The topological polar surface area (TPSA) is 165 Å². The van der Waals surface area contributed by atoms with Gasteiger partial charge in [-0.1, -0.05) is 6.07 Å². The van der Waals surface area contributed by atoms with Crippen LogP contribution < -0.4 is 5.32 Å². The Morgan fingerprint density at radius 3 is 2.10 bits per heavy atom. The summed E-state index contributed by atoms with van der Waals surface area (Å²) in [5, 5.41) is 2.71. The van der Waals surface area contributed by atoms with Crippen LogP contribution in [-0.2, 0) is 47.9 Å². The average Bonchev–Trinajstić information content (AvgIpc) is 3.78. The Balaban J connectivity index is 1.61. The molecule has 1 aromatic carbocycles. The molecule has 21 heteroatoms. The third-order valence-electron chi connectivity index (χ3n) is 10.0. The van der Waals surface area contributed by atoms with Crippen LogP contribution in [0.2, 0.25) is 0 Å². The molecule has 2 aromatic rings. The van der Waals surface area contributed by atoms with Gasteiger partial charge in [-0.15, -0.1) is 11.3 Å². The minimum absolute atomic E-state index is 0.0451. The standard InChI is InChI=1S/C40H54F4N5O10PS/c1-37(2,3)35(53)56-22-58-60(55,59-23-57-36(54)38(4,5)6)40(43,44)25-11-14-29-24(17-25)18-30(61-29)32(50)46-27-19-48(20-31(41)42)16-15-26-12-13-28(49(26)33(27)51)34(52)47(10)21-39(7,8)45-9/h11,14,17-18,26-28,31H,12-13,15-16,19-23H2,1-8,10H3,(H,46,50)/t26-,27+,28+/m1/s1. The van der Waals surface area contributed by atoms with E-state index in [1.165, 1.54) is 75.4 Å². The van der Waals surface area contributed by atoms with Crippen molar-refractivity contribution in [3.63, 3.8) is 0 Å². The number of thiophene rings is 1. The smallest absolute Gasteiger partial charge is 0.410 e. The zero-order chi connectivity index (χ0) is 45.9. The van der Waals surface area contributed by atoms with Gasteiger partial charge in [0.2, 0.25) is 30.9 Å². The number of hydrogen-bond donors (Lipinski definition) is 1. The number of halogens is 4. The quantitative estimate of drug-likeness (QED) is 0.0653. The van der Waals surface area contributed by atoms with Crippen LogP contribution in [0.4, 0.5) is 17.6 Å². The number of nitrogens with zero attached hydrogens (tertiary/aromatic N) is 4. The predicted octanol–water partition coefficient (Wildman–Crippen LogP) is 6.86. The van der Waals surface area contributed by atoms with E-state index in [2.05, 4.69) is 10.2 Å². The molecule has 0 radical (unpaired) electrons. The first-order valence-corrected chi connectivity index (χ1v) is 21.9. The third-order valence-corrected chi connectivity index (χ3v) is 13.0. The van der Waals surface area contributed by atoms with Crippen LogP contribution in [0, 0.1) is 17.4 Å². The number of amides is 3. The van der Waals surface area contributed by atoms with E-state index in [1.807, 2.05) is 0 Å². The monoisotopic (exact) mass is 903 g/mol. The molecule has 1 aromatic heterocycles. The van der Waals surface area contributed by atoms with Gasteiger partial charge in [0.05, 0.1) is 28.8 Å². The summed E-state index contributed by atoms with van der Waals surface area (Å²) >= 11 is 0.871. The molecule has 2 aliphatic heterocycles. The molecule has 1 N–H and O–H groups in total. The lowest BCUT2D eigenvalue weighted by Gasteiger charge is -2.39. The largest absolute Gasteiger partial charge is 0.438 e. The molecule has 3 amide bonds. The maximum Gasteiger partial charge on any atom is 0.410 e. The number of alkyl halides is 4. The fourth-order valence-electron chi connectivity index (χ4n) is 6.76. The van der Waals surface area contributed by atoms with Gasteiger partial charge in [0, 0.05) is 50.3 Å². The summed E-state index contributed by atoms with van der Waals surface area (Å²) in [5.74, 6) is -3.57. The van der Waals surface area contributed by atoms with Crippen molar-refractivity contribution in [1.82, 2.24) is 20.0 Å². The number of hydrogen-bond acceptors (Lipinski definition) is 12.